The zero-order valence-corrected chi connectivity index (χ0v) is 15.8. The molecule has 1 amide bonds. The van der Waals surface area contributed by atoms with E-state index in [2.05, 4.69) is 9.88 Å². The third kappa shape index (κ3) is 4.51. The van der Waals surface area contributed by atoms with Gasteiger partial charge in [-0.05, 0) is 20.8 Å². The number of hydrogen-bond acceptors (Lipinski definition) is 5. The molecule has 1 fully saturated rings. The molecule has 0 bridgehead atoms. The maximum Gasteiger partial charge on any atom is 0.276 e. The zero-order chi connectivity index (χ0) is 18.5. The second-order valence-corrected chi connectivity index (χ2v) is 6.95. The second-order valence-electron chi connectivity index (χ2n) is 6.95. The van der Waals surface area contributed by atoms with Crippen molar-refractivity contribution in [1.29, 1.82) is 0 Å². The predicted octanol–water partition coefficient (Wildman–Crippen LogP) is 2.83. The van der Waals surface area contributed by atoms with Crippen molar-refractivity contribution in [1.82, 2.24) is 14.8 Å². The van der Waals surface area contributed by atoms with Crippen LogP contribution in [0.2, 0.25) is 0 Å². The molecular formula is C20H27N3O3. The summed E-state index contributed by atoms with van der Waals surface area (Å²) in [6.45, 7) is 10.8. The number of hydrogen-bond donors (Lipinski definition) is 0. The Morgan fingerprint density at radius 2 is 1.88 bits per heavy atom. The molecule has 2 heterocycles. The van der Waals surface area contributed by atoms with Crippen LogP contribution in [0, 0.1) is 6.92 Å². The number of aryl methyl sites for hydroxylation is 1. The fraction of sp³-hybridized carbons (Fsp3) is 0.500. The van der Waals surface area contributed by atoms with Crippen molar-refractivity contribution in [2.45, 2.75) is 26.9 Å². The lowest BCUT2D eigenvalue weighted by atomic mass is 10.1. The Morgan fingerprint density at radius 1 is 1.19 bits per heavy atom. The van der Waals surface area contributed by atoms with Gasteiger partial charge in [0.05, 0.1) is 12.7 Å². The number of piperazine rings is 1. The van der Waals surface area contributed by atoms with Crippen LogP contribution in [0.25, 0.3) is 11.3 Å². The lowest BCUT2D eigenvalue weighted by Gasteiger charge is -2.34. The van der Waals surface area contributed by atoms with Gasteiger partial charge in [-0.25, -0.2) is 4.98 Å². The minimum absolute atomic E-state index is 0.0626. The van der Waals surface area contributed by atoms with Crippen LogP contribution in [0.4, 0.5) is 0 Å². The highest BCUT2D eigenvalue weighted by Gasteiger charge is 2.26. The monoisotopic (exact) mass is 357 g/mol. The summed E-state index contributed by atoms with van der Waals surface area (Å²) in [5.41, 5.74) is 2.44. The smallest absolute Gasteiger partial charge is 0.276 e. The second kappa shape index (κ2) is 8.47. The van der Waals surface area contributed by atoms with Crippen LogP contribution in [-0.4, -0.2) is 66.1 Å². The molecule has 0 aliphatic carbocycles. The van der Waals surface area contributed by atoms with Crippen molar-refractivity contribution >= 4 is 5.91 Å². The minimum atomic E-state index is -0.0626. The highest BCUT2D eigenvalue weighted by molar-refractivity contribution is 5.97. The van der Waals surface area contributed by atoms with Gasteiger partial charge in [0, 0.05) is 38.3 Å². The number of benzene rings is 1. The highest BCUT2D eigenvalue weighted by Crippen LogP contribution is 2.24. The van der Waals surface area contributed by atoms with E-state index in [0.717, 1.165) is 31.8 Å². The summed E-state index contributed by atoms with van der Waals surface area (Å²) >= 11 is 0. The Labute approximate surface area is 154 Å². The summed E-state index contributed by atoms with van der Waals surface area (Å²) < 4.78 is 11.1. The minimum Gasteiger partial charge on any atom is -0.443 e. The lowest BCUT2D eigenvalue weighted by molar-refractivity contribution is 0.0405. The van der Waals surface area contributed by atoms with Crippen molar-refractivity contribution in [2.75, 3.05) is 39.3 Å². The number of ether oxygens (including phenoxy) is 1. The summed E-state index contributed by atoms with van der Waals surface area (Å²) in [4.78, 5) is 21.3. The number of oxazole rings is 1. The number of carbonyl (C=O) groups is 1. The first-order chi connectivity index (χ1) is 12.5. The van der Waals surface area contributed by atoms with E-state index in [1.54, 1.807) is 0 Å². The van der Waals surface area contributed by atoms with Crippen molar-refractivity contribution in [3.63, 3.8) is 0 Å². The maximum atomic E-state index is 12.9. The Kier molecular flexibility index (Phi) is 6.06. The molecule has 0 spiro atoms. The van der Waals surface area contributed by atoms with Gasteiger partial charge in [-0.15, -0.1) is 0 Å². The summed E-state index contributed by atoms with van der Waals surface area (Å²) in [5.74, 6) is 0.482. The van der Waals surface area contributed by atoms with Crippen molar-refractivity contribution < 1.29 is 13.9 Å². The molecule has 1 aliphatic heterocycles. The summed E-state index contributed by atoms with van der Waals surface area (Å²) in [6.07, 6.45) is 1.60. The number of nitrogens with zero attached hydrogens (tertiary/aromatic N) is 3. The van der Waals surface area contributed by atoms with Crippen LogP contribution < -0.4 is 0 Å². The average Bonchev–Trinajstić information content (AvgIpc) is 3.12. The zero-order valence-electron chi connectivity index (χ0n) is 15.8. The molecule has 1 aliphatic rings. The number of amides is 1. The highest BCUT2D eigenvalue weighted by atomic mass is 16.5. The molecule has 140 valence electrons. The Bertz CT molecular complexity index is 716. The van der Waals surface area contributed by atoms with E-state index >= 15 is 0 Å². The van der Waals surface area contributed by atoms with E-state index in [0.29, 0.717) is 24.5 Å². The molecule has 26 heavy (non-hydrogen) atoms. The third-order valence-corrected chi connectivity index (χ3v) is 4.60. The first-order valence-corrected chi connectivity index (χ1v) is 9.18. The van der Waals surface area contributed by atoms with E-state index in [9.17, 15) is 4.79 Å². The van der Waals surface area contributed by atoms with Crippen molar-refractivity contribution in [3.8, 4) is 11.3 Å². The fourth-order valence-corrected chi connectivity index (χ4v) is 3.05. The lowest BCUT2D eigenvalue weighted by Crippen LogP contribution is -2.49. The normalized spacial score (nSPS) is 15.6. The van der Waals surface area contributed by atoms with E-state index in [1.807, 2.05) is 49.9 Å². The molecule has 2 aromatic rings. The number of rotatable bonds is 6. The molecule has 6 heteroatoms. The van der Waals surface area contributed by atoms with E-state index in [-0.39, 0.29) is 12.0 Å². The molecule has 0 unspecified atom stereocenters. The SMILES string of the molecule is Cc1ccc(-c2ocnc2C(=O)N2CCN(CCOC(C)C)CC2)cc1. The molecular weight excluding hydrogens is 330 g/mol. The Balaban J connectivity index is 1.59. The molecule has 1 aromatic carbocycles. The third-order valence-electron chi connectivity index (χ3n) is 4.60. The molecule has 1 aromatic heterocycles. The van der Waals surface area contributed by atoms with Gasteiger partial charge in [-0.3, -0.25) is 9.69 Å². The standard InChI is InChI=1S/C20H27N3O3/c1-15(2)25-13-12-22-8-10-23(11-9-22)20(24)18-19(26-14-21-18)17-6-4-16(3)5-7-17/h4-7,14-15H,8-13H2,1-3H3. The van der Waals surface area contributed by atoms with Gasteiger partial charge in [0.25, 0.3) is 5.91 Å². The largest absolute Gasteiger partial charge is 0.443 e. The average molecular weight is 357 g/mol. The quantitative estimate of drug-likeness (QED) is 0.796. The van der Waals surface area contributed by atoms with Gasteiger partial charge in [0.15, 0.2) is 17.8 Å². The molecule has 0 saturated carbocycles. The van der Waals surface area contributed by atoms with Crippen molar-refractivity contribution in [3.05, 3.63) is 41.9 Å². The summed E-state index contributed by atoms with van der Waals surface area (Å²) in [5, 5.41) is 0. The first kappa shape index (κ1) is 18.6. The molecule has 1 saturated heterocycles. The molecule has 6 nitrogen and oxygen atoms in total. The first-order valence-electron chi connectivity index (χ1n) is 9.18. The Hall–Kier alpha value is -2.18. The molecule has 0 atom stereocenters. The molecule has 3 rings (SSSR count). The fourth-order valence-electron chi connectivity index (χ4n) is 3.05. The van der Waals surface area contributed by atoms with Crippen LogP contribution >= 0.6 is 0 Å². The predicted molar refractivity (Wildman–Crippen MR) is 100 cm³/mol. The van der Waals surface area contributed by atoms with Crippen LogP contribution in [0.3, 0.4) is 0 Å². The van der Waals surface area contributed by atoms with E-state index in [1.165, 1.54) is 12.0 Å². The van der Waals surface area contributed by atoms with E-state index in [4.69, 9.17) is 9.15 Å². The van der Waals surface area contributed by atoms with Crippen LogP contribution in [0.1, 0.15) is 29.9 Å². The van der Waals surface area contributed by atoms with E-state index < -0.39 is 0 Å². The van der Waals surface area contributed by atoms with Gasteiger partial charge >= 0.3 is 0 Å². The van der Waals surface area contributed by atoms with Crippen LogP contribution in [0.15, 0.2) is 35.1 Å². The van der Waals surface area contributed by atoms with Gasteiger partial charge in [0.2, 0.25) is 0 Å². The summed E-state index contributed by atoms with van der Waals surface area (Å²) in [7, 11) is 0. The Morgan fingerprint density at radius 3 is 2.54 bits per heavy atom. The van der Waals surface area contributed by atoms with Gasteiger partial charge in [-0.2, -0.15) is 0 Å². The van der Waals surface area contributed by atoms with Crippen LogP contribution in [-0.2, 0) is 4.74 Å². The summed E-state index contributed by atoms with van der Waals surface area (Å²) in [6, 6.07) is 7.92. The number of carbonyl (C=O) groups excluding carboxylic acids is 1. The molecule has 0 N–H and O–H groups in total. The van der Waals surface area contributed by atoms with Crippen LogP contribution in [0.5, 0.6) is 0 Å². The van der Waals surface area contributed by atoms with Gasteiger partial charge in [-0.1, -0.05) is 29.8 Å². The topological polar surface area (TPSA) is 58.8 Å². The number of aromatic nitrogens is 1. The van der Waals surface area contributed by atoms with Gasteiger partial charge in [0.1, 0.15) is 0 Å². The van der Waals surface area contributed by atoms with Gasteiger partial charge < -0.3 is 14.1 Å². The maximum absolute atomic E-state index is 12.9. The molecule has 0 radical (unpaired) electrons. The van der Waals surface area contributed by atoms with Crippen molar-refractivity contribution in [2.24, 2.45) is 0 Å².